The van der Waals surface area contributed by atoms with Crippen molar-refractivity contribution >= 4 is 0 Å². The van der Waals surface area contributed by atoms with Crippen LogP contribution in [0.3, 0.4) is 0 Å². The van der Waals surface area contributed by atoms with Crippen LogP contribution in [-0.2, 0) is 0 Å². The minimum atomic E-state index is -4.66. The fourth-order valence-corrected chi connectivity index (χ4v) is 3.00. The summed E-state index contributed by atoms with van der Waals surface area (Å²) < 4.78 is 40.3. The molecule has 1 aromatic carbocycles. The van der Waals surface area contributed by atoms with Crippen LogP contribution >= 0.6 is 0 Å². The molecule has 0 bridgehead atoms. The molecule has 0 aliphatic heterocycles. The summed E-state index contributed by atoms with van der Waals surface area (Å²) in [6, 6.07) is 6.52. The summed E-state index contributed by atoms with van der Waals surface area (Å²) >= 11 is 0. The first kappa shape index (κ1) is 16.1. The van der Waals surface area contributed by atoms with E-state index >= 15 is 0 Å². The highest BCUT2D eigenvalue weighted by atomic mass is 19.4. The number of rotatable bonds is 5. The average Bonchev–Trinajstić information content (AvgIpc) is 2.93. The first-order valence-electron chi connectivity index (χ1n) is 7.18. The largest absolute Gasteiger partial charge is 0.573 e. The molecule has 0 aromatic heterocycles. The summed E-state index contributed by atoms with van der Waals surface area (Å²) in [5, 5.41) is 0. The minimum absolute atomic E-state index is 0.0213. The summed E-state index contributed by atoms with van der Waals surface area (Å²) in [7, 11) is 2.04. The van der Waals surface area contributed by atoms with E-state index in [4.69, 9.17) is 5.73 Å². The van der Waals surface area contributed by atoms with Crippen molar-refractivity contribution in [3.63, 3.8) is 0 Å². The van der Waals surface area contributed by atoms with Gasteiger partial charge in [0.05, 0.1) is 0 Å². The number of alkyl halides is 3. The van der Waals surface area contributed by atoms with Gasteiger partial charge in [0, 0.05) is 18.6 Å². The molecule has 21 heavy (non-hydrogen) atoms. The fourth-order valence-electron chi connectivity index (χ4n) is 3.00. The smallest absolute Gasteiger partial charge is 0.406 e. The van der Waals surface area contributed by atoms with Gasteiger partial charge >= 0.3 is 6.36 Å². The zero-order valence-electron chi connectivity index (χ0n) is 12.1. The summed E-state index contributed by atoms with van der Waals surface area (Å²) in [5.41, 5.74) is 6.78. The predicted molar refractivity (Wildman–Crippen MR) is 74.9 cm³/mol. The Morgan fingerprint density at radius 3 is 2.29 bits per heavy atom. The Kier molecular flexibility index (Phi) is 5.11. The highest BCUT2D eigenvalue weighted by Crippen LogP contribution is 2.30. The lowest BCUT2D eigenvalue weighted by Gasteiger charge is -2.32. The molecule has 1 saturated carbocycles. The van der Waals surface area contributed by atoms with E-state index in [0.29, 0.717) is 12.6 Å². The maximum Gasteiger partial charge on any atom is 0.573 e. The van der Waals surface area contributed by atoms with Crippen LogP contribution in [0.5, 0.6) is 5.75 Å². The van der Waals surface area contributed by atoms with E-state index in [-0.39, 0.29) is 11.8 Å². The number of benzene rings is 1. The van der Waals surface area contributed by atoms with Gasteiger partial charge in [-0.15, -0.1) is 13.2 Å². The molecule has 1 aliphatic rings. The van der Waals surface area contributed by atoms with E-state index < -0.39 is 6.36 Å². The Labute approximate surface area is 122 Å². The third-order valence-electron chi connectivity index (χ3n) is 4.11. The topological polar surface area (TPSA) is 38.5 Å². The van der Waals surface area contributed by atoms with Gasteiger partial charge in [0.2, 0.25) is 0 Å². The van der Waals surface area contributed by atoms with Gasteiger partial charge in [0.1, 0.15) is 5.75 Å². The molecule has 1 atom stereocenters. The molecule has 0 saturated heterocycles. The lowest BCUT2D eigenvalue weighted by Crippen LogP contribution is -2.37. The normalized spacial score (nSPS) is 18.2. The first-order chi connectivity index (χ1) is 9.90. The van der Waals surface area contributed by atoms with Crippen LogP contribution in [0, 0.1) is 0 Å². The highest BCUT2D eigenvalue weighted by molar-refractivity contribution is 5.29. The third kappa shape index (κ3) is 4.35. The van der Waals surface area contributed by atoms with Gasteiger partial charge in [-0.1, -0.05) is 25.0 Å². The molecule has 1 aliphatic carbocycles. The van der Waals surface area contributed by atoms with Crippen molar-refractivity contribution in [3.8, 4) is 5.75 Å². The van der Waals surface area contributed by atoms with Gasteiger partial charge in [0.15, 0.2) is 0 Å². The first-order valence-corrected chi connectivity index (χ1v) is 7.18. The van der Waals surface area contributed by atoms with Gasteiger partial charge in [-0.05, 0) is 37.6 Å². The number of hydrogen-bond acceptors (Lipinski definition) is 3. The van der Waals surface area contributed by atoms with Gasteiger partial charge in [-0.25, -0.2) is 0 Å². The van der Waals surface area contributed by atoms with Crippen LogP contribution in [0.15, 0.2) is 24.3 Å². The maximum absolute atomic E-state index is 12.1. The zero-order valence-corrected chi connectivity index (χ0v) is 12.1. The van der Waals surface area contributed by atoms with Crippen LogP contribution < -0.4 is 10.5 Å². The number of nitrogens with two attached hydrogens (primary N) is 1. The van der Waals surface area contributed by atoms with Gasteiger partial charge in [0.25, 0.3) is 0 Å². The second-order valence-electron chi connectivity index (χ2n) is 5.47. The molecule has 1 aromatic rings. The molecule has 0 spiro atoms. The quantitative estimate of drug-likeness (QED) is 0.905. The lowest BCUT2D eigenvalue weighted by molar-refractivity contribution is -0.274. The number of ether oxygens (including phenoxy) is 1. The molecule has 3 nitrogen and oxygen atoms in total. The van der Waals surface area contributed by atoms with Crippen molar-refractivity contribution in [1.29, 1.82) is 0 Å². The average molecular weight is 302 g/mol. The van der Waals surface area contributed by atoms with Crippen LogP contribution in [0.25, 0.3) is 0 Å². The zero-order chi connectivity index (χ0) is 15.5. The molecule has 0 amide bonds. The van der Waals surface area contributed by atoms with Crippen molar-refractivity contribution in [2.24, 2.45) is 5.73 Å². The van der Waals surface area contributed by atoms with Crippen molar-refractivity contribution in [3.05, 3.63) is 29.8 Å². The second-order valence-corrected chi connectivity index (χ2v) is 5.47. The molecule has 0 radical (unpaired) electrons. The fraction of sp³-hybridized carbons (Fsp3) is 0.600. The Morgan fingerprint density at radius 1 is 1.24 bits per heavy atom. The molecule has 2 rings (SSSR count). The second kappa shape index (κ2) is 6.66. The van der Waals surface area contributed by atoms with Crippen molar-refractivity contribution in [2.45, 2.75) is 44.1 Å². The Morgan fingerprint density at radius 2 is 1.81 bits per heavy atom. The van der Waals surface area contributed by atoms with Crippen LogP contribution in [0.4, 0.5) is 13.2 Å². The van der Waals surface area contributed by atoms with Crippen molar-refractivity contribution in [1.82, 2.24) is 4.90 Å². The van der Waals surface area contributed by atoms with E-state index in [1.165, 1.54) is 25.0 Å². The van der Waals surface area contributed by atoms with E-state index in [1.54, 1.807) is 12.1 Å². The lowest BCUT2D eigenvalue weighted by atomic mass is 10.0. The summed E-state index contributed by atoms with van der Waals surface area (Å²) in [6.45, 7) is 0.437. The van der Waals surface area contributed by atoms with E-state index in [0.717, 1.165) is 18.4 Å². The Hall–Kier alpha value is -1.27. The predicted octanol–water partition coefficient (Wildman–Crippen LogP) is 3.46. The van der Waals surface area contributed by atoms with Crippen LogP contribution in [0.2, 0.25) is 0 Å². The van der Waals surface area contributed by atoms with Gasteiger partial charge < -0.3 is 10.5 Å². The summed E-state index contributed by atoms with van der Waals surface area (Å²) in [5.74, 6) is -0.203. The number of hydrogen-bond donors (Lipinski definition) is 1. The molecule has 2 N–H and O–H groups in total. The molecule has 1 fully saturated rings. The monoisotopic (exact) mass is 302 g/mol. The molecular weight excluding hydrogens is 281 g/mol. The maximum atomic E-state index is 12.1. The minimum Gasteiger partial charge on any atom is -0.406 e. The highest BCUT2D eigenvalue weighted by Gasteiger charge is 2.31. The number of likely N-dealkylation sites (N-methyl/N-ethyl adjacent to an activating group) is 1. The van der Waals surface area contributed by atoms with Crippen molar-refractivity contribution < 1.29 is 17.9 Å². The van der Waals surface area contributed by atoms with Crippen molar-refractivity contribution in [2.75, 3.05) is 13.6 Å². The summed E-state index contributed by atoms with van der Waals surface area (Å²) in [6.07, 6.45) is 0.106. The number of halogens is 3. The standard InChI is InChI=1S/C15H21F3N2O/c1-20(12-4-2-3-5-12)14(10-19)11-6-8-13(9-7-11)21-15(16,17)18/h6-9,12,14H,2-5,10,19H2,1H3. The Bertz CT molecular complexity index is 441. The third-order valence-corrected chi connectivity index (χ3v) is 4.11. The number of nitrogens with zero attached hydrogens (tertiary/aromatic N) is 1. The van der Waals surface area contributed by atoms with Gasteiger partial charge in [-0.3, -0.25) is 4.90 Å². The molecule has 0 heterocycles. The van der Waals surface area contributed by atoms with Gasteiger partial charge in [-0.2, -0.15) is 0 Å². The van der Waals surface area contributed by atoms with Crippen LogP contribution in [-0.4, -0.2) is 30.9 Å². The molecule has 1 unspecified atom stereocenters. The molecular formula is C15H21F3N2O. The molecule has 6 heteroatoms. The molecule has 118 valence electrons. The Balaban J connectivity index is 2.07. The van der Waals surface area contributed by atoms with E-state index in [1.807, 2.05) is 7.05 Å². The van der Waals surface area contributed by atoms with E-state index in [2.05, 4.69) is 9.64 Å². The van der Waals surface area contributed by atoms with Crippen LogP contribution in [0.1, 0.15) is 37.3 Å². The summed E-state index contributed by atoms with van der Waals surface area (Å²) in [4.78, 5) is 2.24. The SMILES string of the molecule is CN(C1CCCC1)C(CN)c1ccc(OC(F)(F)F)cc1. The van der Waals surface area contributed by atoms with E-state index in [9.17, 15) is 13.2 Å².